The molecule has 0 aromatic heterocycles. The Hall–Kier alpha value is -1.80. The van der Waals surface area contributed by atoms with Gasteiger partial charge in [-0.25, -0.2) is 0 Å². The van der Waals surface area contributed by atoms with Crippen LogP contribution in [0.3, 0.4) is 0 Å². The van der Waals surface area contributed by atoms with Crippen molar-refractivity contribution in [2.75, 3.05) is 6.54 Å². The van der Waals surface area contributed by atoms with Gasteiger partial charge in [-0.15, -0.1) is 0 Å². The molecule has 1 heterocycles. The summed E-state index contributed by atoms with van der Waals surface area (Å²) in [6.07, 6.45) is 6.51. The third-order valence-electron chi connectivity index (χ3n) is 1.70. The number of hydrogen-bond acceptors (Lipinski definition) is 2. The summed E-state index contributed by atoms with van der Waals surface area (Å²) < 4.78 is 0. The van der Waals surface area contributed by atoms with Gasteiger partial charge in [-0.1, -0.05) is 17.9 Å². The van der Waals surface area contributed by atoms with E-state index in [9.17, 15) is 4.79 Å². The molecule has 0 bridgehead atoms. The smallest absolute Gasteiger partial charge is 0.279 e. The Morgan fingerprint density at radius 3 is 3.14 bits per heavy atom. The fourth-order valence-electron chi connectivity index (χ4n) is 1.04. The molecule has 0 aromatic rings. The number of allylic oxidation sites excluding steroid dienone is 2. The lowest BCUT2D eigenvalue weighted by atomic mass is 10.1. The van der Waals surface area contributed by atoms with Crippen molar-refractivity contribution in [2.45, 2.75) is 13.3 Å². The van der Waals surface area contributed by atoms with Crippen molar-refractivity contribution in [3.63, 3.8) is 0 Å². The van der Waals surface area contributed by atoms with Crippen molar-refractivity contribution in [2.24, 2.45) is 10.9 Å². The molecule has 0 saturated heterocycles. The highest BCUT2D eigenvalue weighted by Gasteiger charge is 2.02. The third kappa shape index (κ3) is 3.74. The highest BCUT2D eigenvalue weighted by atomic mass is 16.1. The summed E-state index contributed by atoms with van der Waals surface area (Å²) in [7, 11) is 0. The molecule has 0 aliphatic carbocycles. The summed E-state index contributed by atoms with van der Waals surface area (Å²) in [6, 6.07) is 0. The van der Waals surface area contributed by atoms with Crippen LogP contribution in [0.25, 0.3) is 0 Å². The van der Waals surface area contributed by atoms with Gasteiger partial charge in [-0.2, -0.15) is 0 Å². The number of aliphatic imine (C=N–C) groups is 1. The summed E-state index contributed by atoms with van der Waals surface area (Å²) in [4.78, 5) is 15.1. The van der Waals surface area contributed by atoms with Crippen molar-refractivity contribution in [3.8, 4) is 23.7 Å². The highest BCUT2D eigenvalue weighted by molar-refractivity contribution is 6.08. The van der Waals surface area contributed by atoms with Crippen LogP contribution >= 0.6 is 0 Å². The zero-order valence-electron chi connectivity index (χ0n) is 8.08. The van der Waals surface area contributed by atoms with Crippen LogP contribution in [-0.2, 0) is 4.79 Å². The maximum atomic E-state index is 11.0. The first-order valence-electron chi connectivity index (χ1n) is 4.46. The van der Waals surface area contributed by atoms with Gasteiger partial charge < -0.3 is 0 Å². The number of carbonyl (C=O) groups is 1. The fourth-order valence-corrected chi connectivity index (χ4v) is 1.04. The molecule has 14 heavy (non-hydrogen) atoms. The maximum Gasteiger partial charge on any atom is 0.279 e. The van der Waals surface area contributed by atoms with Gasteiger partial charge in [-0.05, 0) is 31.3 Å². The van der Waals surface area contributed by atoms with Gasteiger partial charge in [-0.3, -0.25) is 9.79 Å². The Morgan fingerprint density at radius 1 is 1.50 bits per heavy atom. The van der Waals surface area contributed by atoms with Crippen LogP contribution in [0, 0.1) is 29.6 Å². The van der Waals surface area contributed by atoms with Gasteiger partial charge in [0.2, 0.25) is 0 Å². The van der Waals surface area contributed by atoms with Crippen LogP contribution in [0.2, 0.25) is 0 Å². The molecule has 0 fully saturated rings. The van der Waals surface area contributed by atoms with Gasteiger partial charge in [0.1, 0.15) is 0 Å². The number of rotatable bonds is 0. The molecule has 0 unspecified atom stereocenters. The predicted octanol–water partition coefficient (Wildman–Crippen LogP) is 1.23. The minimum absolute atomic E-state index is 0.146. The topological polar surface area (TPSA) is 29.4 Å². The fraction of sp³-hybridized carbons (Fsp3) is 0.333. The van der Waals surface area contributed by atoms with E-state index in [1.54, 1.807) is 13.1 Å². The van der Waals surface area contributed by atoms with E-state index in [1.165, 1.54) is 0 Å². The standard InChI is InChI=1S/C12H11NO/c1-2-5-12(14)8-7-11-6-3-4-9-13-10-11/h3-4,9,11H,6,10H2,1H3/t11-/m1/s1. The zero-order chi connectivity index (χ0) is 10.2. The predicted molar refractivity (Wildman–Crippen MR) is 56.8 cm³/mol. The Kier molecular flexibility index (Phi) is 4.24. The van der Waals surface area contributed by atoms with Crippen LogP contribution in [0.4, 0.5) is 0 Å². The van der Waals surface area contributed by atoms with E-state index in [2.05, 4.69) is 28.7 Å². The van der Waals surface area contributed by atoms with Crippen LogP contribution in [0.5, 0.6) is 0 Å². The average molecular weight is 185 g/mol. The maximum absolute atomic E-state index is 11.0. The molecule has 0 radical (unpaired) electrons. The lowest BCUT2D eigenvalue weighted by molar-refractivity contribution is -0.108. The number of nitrogens with zero attached hydrogens (tertiary/aromatic N) is 1. The van der Waals surface area contributed by atoms with E-state index in [1.807, 2.05) is 12.2 Å². The normalized spacial score (nSPS) is 18.5. The minimum Gasteiger partial charge on any atom is -0.292 e. The van der Waals surface area contributed by atoms with Crippen LogP contribution in [0.1, 0.15) is 13.3 Å². The largest absolute Gasteiger partial charge is 0.292 e. The van der Waals surface area contributed by atoms with Crippen molar-refractivity contribution in [3.05, 3.63) is 12.2 Å². The molecule has 1 atom stereocenters. The van der Waals surface area contributed by atoms with Gasteiger partial charge in [0, 0.05) is 12.1 Å². The number of hydrogen-bond donors (Lipinski definition) is 0. The molecule has 1 aliphatic rings. The Labute approximate surface area is 84.1 Å². The summed E-state index contributed by atoms with van der Waals surface area (Å²) in [5.74, 6) is 10.1. The van der Waals surface area contributed by atoms with Gasteiger partial charge in [0.15, 0.2) is 0 Å². The average Bonchev–Trinajstić information content (AvgIpc) is 2.43. The van der Waals surface area contributed by atoms with Gasteiger partial charge in [0.05, 0.1) is 6.54 Å². The lowest BCUT2D eigenvalue weighted by Crippen LogP contribution is -2.00. The molecule has 0 aromatic carbocycles. The molecular formula is C12H11NO. The number of ketones is 1. The second-order valence-corrected chi connectivity index (χ2v) is 2.85. The number of carbonyl (C=O) groups excluding carboxylic acids is 1. The SMILES string of the molecule is CC#CC(=O)C#C[C@H]1CC=CC=NC1. The summed E-state index contributed by atoms with van der Waals surface area (Å²) in [6.45, 7) is 2.28. The molecule has 1 aliphatic heterocycles. The molecule has 0 saturated carbocycles. The van der Waals surface area contributed by atoms with Crippen molar-refractivity contribution in [1.29, 1.82) is 0 Å². The Bertz CT molecular complexity index is 368. The molecule has 2 nitrogen and oxygen atoms in total. The van der Waals surface area contributed by atoms with E-state index in [0.29, 0.717) is 6.54 Å². The van der Waals surface area contributed by atoms with Crippen molar-refractivity contribution >= 4 is 12.0 Å². The molecule has 1 rings (SSSR count). The quantitative estimate of drug-likeness (QED) is 0.412. The molecule has 2 heteroatoms. The Morgan fingerprint density at radius 2 is 2.36 bits per heavy atom. The summed E-state index contributed by atoms with van der Waals surface area (Å²) in [5, 5.41) is 0. The first-order chi connectivity index (χ1) is 6.83. The molecule has 70 valence electrons. The molecule has 0 spiro atoms. The second-order valence-electron chi connectivity index (χ2n) is 2.85. The minimum atomic E-state index is -0.315. The molecule has 0 N–H and O–H groups in total. The van der Waals surface area contributed by atoms with Crippen LogP contribution < -0.4 is 0 Å². The third-order valence-corrected chi connectivity index (χ3v) is 1.70. The first-order valence-corrected chi connectivity index (χ1v) is 4.46. The highest BCUT2D eigenvalue weighted by Crippen LogP contribution is 2.05. The zero-order valence-corrected chi connectivity index (χ0v) is 8.08. The van der Waals surface area contributed by atoms with Crippen molar-refractivity contribution < 1.29 is 4.79 Å². The molecule has 0 amide bonds. The first kappa shape index (κ1) is 10.3. The monoisotopic (exact) mass is 185 g/mol. The lowest BCUT2D eigenvalue weighted by Gasteiger charge is -1.99. The van der Waals surface area contributed by atoms with Crippen molar-refractivity contribution in [1.82, 2.24) is 0 Å². The van der Waals surface area contributed by atoms with Gasteiger partial charge in [0.25, 0.3) is 5.78 Å². The number of Topliss-reactive ketones (excluding diaryl/α,β-unsaturated/α-hetero) is 1. The van der Waals surface area contributed by atoms with E-state index in [0.717, 1.165) is 6.42 Å². The molecular weight excluding hydrogens is 174 g/mol. The summed E-state index contributed by atoms with van der Waals surface area (Å²) >= 11 is 0. The summed E-state index contributed by atoms with van der Waals surface area (Å²) in [5.41, 5.74) is 0. The van der Waals surface area contributed by atoms with Crippen LogP contribution in [0.15, 0.2) is 17.1 Å². The van der Waals surface area contributed by atoms with E-state index in [4.69, 9.17) is 0 Å². The second kappa shape index (κ2) is 5.78. The Balaban J connectivity index is 2.57. The van der Waals surface area contributed by atoms with E-state index >= 15 is 0 Å². The van der Waals surface area contributed by atoms with Crippen LogP contribution in [-0.4, -0.2) is 18.5 Å². The van der Waals surface area contributed by atoms with Gasteiger partial charge >= 0.3 is 0 Å². The van der Waals surface area contributed by atoms with E-state index < -0.39 is 0 Å². The van der Waals surface area contributed by atoms with E-state index in [-0.39, 0.29) is 11.7 Å².